The summed E-state index contributed by atoms with van der Waals surface area (Å²) in [7, 11) is 0. The fourth-order valence-electron chi connectivity index (χ4n) is 1.00. The van der Waals surface area contributed by atoms with E-state index in [1.54, 1.807) is 6.07 Å². The van der Waals surface area contributed by atoms with Crippen molar-refractivity contribution in [1.82, 2.24) is 5.43 Å². The summed E-state index contributed by atoms with van der Waals surface area (Å²) in [4.78, 5) is 10.9. The van der Waals surface area contributed by atoms with E-state index >= 15 is 0 Å². The number of amides is 1. The van der Waals surface area contributed by atoms with Crippen LogP contribution < -0.4 is 16.9 Å². The van der Waals surface area contributed by atoms with Crippen molar-refractivity contribution in [2.45, 2.75) is 0 Å². The molecule has 16 heavy (non-hydrogen) atoms. The van der Waals surface area contributed by atoms with Gasteiger partial charge in [-0.3, -0.25) is 10.2 Å². The van der Waals surface area contributed by atoms with Crippen molar-refractivity contribution in [3.63, 3.8) is 0 Å². The number of primary amides is 1. The molecule has 1 aromatic rings. The third-order valence-corrected chi connectivity index (χ3v) is 1.77. The largest absolute Gasteiger partial charge is 0.507 e. The summed E-state index contributed by atoms with van der Waals surface area (Å²) >= 11 is 4.54. The van der Waals surface area contributed by atoms with Gasteiger partial charge in [0, 0.05) is 0 Å². The van der Waals surface area contributed by atoms with Crippen LogP contribution in [0.4, 0.5) is 0 Å². The minimum atomic E-state index is -0.713. The number of nitrogens with one attached hydrogen (secondary N) is 1. The summed E-state index contributed by atoms with van der Waals surface area (Å²) in [5.41, 5.74) is 13.2. The van der Waals surface area contributed by atoms with Crippen LogP contribution in [-0.2, 0) is 0 Å². The fraction of sp³-hybridized carbons (Fsp3) is 0. The zero-order chi connectivity index (χ0) is 12.1. The molecular weight excluding hydrogens is 228 g/mol. The van der Waals surface area contributed by atoms with Gasteiger partial charge in [-0.05, 0) is 36.0 Å². The highest BCUT2D eigenvalue weighted by Crippen LogP contribution is 2.16. The lowest BCUT2D eigenvalue weighted by Gasteiger charge is -2.01. The molecule has 0 radical (unpaired) electrons. The molecule has 0 fully saturated rings. The molecule has 0 atom stereocenters. The van der Waals surface area contributed by atoms with Crippen molar-refractivity contribution < 1.29 is 9.90 Å². The van der Waals surface area contributed by atoms with E-state index in [9.17, 15) is 9.90 Å². The number of carbonyl (C=O) groups is 1. The van der Waals surface area contributed by atoms with Gasteiger partial charge in [0.2, 0.25) is 0 Å². The van der Waals surface area contributed by atoms with Gasteiger partial charge in [-0.2, -0.15) is 5.10 Å². The van der Waals surface area contributed by atoms with Gasteiger partial charge >= 0.3 is 0 Å². The number of nitrogens with zero attached hydrogens (tertiary/aromatic N) is 1. The Bertz CT molecular complexity index is 459. The van der Waals surface area contributed by atoms with Gasteiger partial charge in [0.1, 0.15) is 5.75 Å². The van der Waals surface area contributed by atoms with E-state index < -0.39 is 5.91 Å². The molecule has 0 heterocycles. The minimum Gasteiger partial charge on any atom is -0.507 e. The monoisotopic (exact) mass is 238 g/mol. The van der Waals surface area contributed by atoms with E-state index in [1.165, 1.54) is 18.3 Å². The number of hydrogen-bond acceptors (Lipinski definition) is 4. The maximum absolute atomic E-state index is 10.9. The summed E-state index contributed by atoms with van der Waals surface area (Å²) in [5.74, 6) is -0.887. The van der Waals surface area contributed by atoms with E-state index in [2.05, 4.69) is 22.7 Å². The van der Waals surface area contributed by atoms with Crippen LogP contribution in [0, 0.1) is 0 Å². The Labute approximate surface area is 96.9 Å². The Morgan fingerprint density at radius 3 is 2.75 bits per heavy atom. The number of nitrogens with two attached hydrogens (primary N) is 2. The summed E-state index contributed by atoms with van der Waals surface area (Å²) in [6, 6.07) is 4.32. The average molecular weight is 238 g/mol. The van der Waals surface area contributed by atoms with Crippen molar-refractivity contribution in [1.29, 1.82) is 0 Å². The normalized spacial score (nSPS) is 10.2. The quantitative estimate of drug-likeness (QED) is 0.327. The lowest BCUT2D eigenvalue weighted by Crippen LogP contribution is -2.24. The van der Waals surface area contributed by atoms with Crippen molar-refractivity contribution in [2.24, 2.45) is 16.6 Å². The smallest absolute Gasteiger partial charge is 0.252 e. The van der Waals surface area contributed by atoms with Gasteiger partial charge in [-0.25, -0.2) is 0 Å². The van der Waals surface area contributed by atoms with Crippen LogP contribution in [0.1, 0.15) is 15.9 Å². The maximum atomic E-state index is 10.9. The van der Waals surface area contributed by atoms with Crippen molar-refractivity contribution in [2.75, 3.05) is 0 Å². The first-order valence-corrected chi connectivity index (χ1v) is 4.63. The predicted molar refractivity (Wildman–Crippen MR) is 64.1 cm³/mol. The summed E-state index contributed by atoms with van der Waals surface area (Å²) in [6.07, 6.45) is 1.39. The molecule has 0 unspecified atom stereocenters. The number of hydrogen-bond donors (Lipinski definition) is 4. The van der Waals surface area contributed by atoms with Crippen LogP contribution >= 0.6 is 12.2 Å². The van der Waals surface area contributed by atoms with Crippen LogP contribution in [0.15, 0.2) is 23.3 Å². The van der Waals surface area contributed by atoms with Crippen LogP contribution in [0.3, 0.4) is 0 Å². The zero-order valence-electron chi connectivity index (χ0n) is 8.18. The predicted octanol–water partition coefficient (Wildman–Crippen LogP) is -0.342. The first kappa shape index (κ1) is 11.9. The van der Waals surface area contributed by atoms with Crippen LogP contribution in [0.5, 0.6) is 5.75 Å². The second-order valence-corrected chi connectivity index (χ2v) is 3.31. The molecule has 1 amide bonds. The highest BCUT2D eigenvalue weighted by atomic mass is 32.1. The Kier molecular flexibility index (Phi) is 3.78. The molecule has 7 heteroatoms. The standard InChI is InChI=1S/C9H10N4O2S/c10-8(15)6-3-5(1-2-7(6)14)4-12-13-9(11)16/h1-4,14H,(H2,10,15)(H3,11,13,16). The molecule has 0 aliphatic rings. The van der Waals surface area contributed by atoms with Crippen LogP contribution in [0.25, 0.3) is 0 Å². The average Bonchev–Trinajstić information content (AvgIpc) is 2.19. The Morgan fingerprint density at radius 2 is 2.19 bits per heavy atom. The van der Waals surface area contributed by atoms with Gasteiger partial charge in [-0.15, -0.1) is 0 Å². The van der Waals surface area contributed by atoms with Crippen LogP contribution in [0.2, 0.25) is 0 Å². The number of thiocarbonyl (C=S) groups is 1. The van der Waals surface area contributed by atoms with Crippen LogP contribution in [-0.4, -0.2) is 22.3 Å². The molecule has 0 spiro atoms. The topological polar surface area (TPSA) is 114 Å². The van der Waals surface area contributed by atoms with Crippen molar-refractivity contribution in [3.05, 3.63) is 29.3 Å². The number of carbonyl (C=O) groups excluding carboxylic acids is 1. The van der Waals surface area contributed by atoms with E-state index in [4.69, 9.17) is 11.5 Å². The molecular formula is C9H10N4O2S. The van der Waals surface area contributed by atoms with Gasteiger partial charge in [0.05, 0.1) is 11.8 Å². The number of phenols is 1. The molecule has 0 saturated heterocycles. The van der Waals surface area contributed by atoms with E-state index in [0.29, 0.717) is 5.56 Å². The van der Waals surface area contributed by atoms with E-state index in [0.717, 1.165) is 0 Å². The SMILES string of the molecule is NC(=O)c1cc(C=NNC(N)=S)ccc1O. The molecule has 0 bridgehead atoms. The molecule has 6 nitrogen and oxygen atoms in total. The van der Waals surface area contributed by atoms with Gasteiger partial charge in [0.15, 0.2) is 5.11 Å². The third-order valence-electron chi connectivity index (χ3n) is 1.67. The number of rotatable bonds is 3. The zero-order valence-corrected chi connectivity index (χ0v) is 8.99. The Morgan fingerprint density at radius 1 is 1.50 bits per heavy atom. The molecule has 1 rings (SSSR count). The molecule has 84 valence electrons. The van der Waals surface area contributed by atoms with E-state index in [1.807, 2.05) is 0 Å². The number of hydrazone groups is 1. The second-order valence-electron chi connectivity index (χ2n) is 2.88. The van der Waals surface area contributed by atoms with E-state index in [-0.39, 0.29) is 16.4 Å². The number of aromatic hydroxyl groups is 1. The van der Waals surface area contributed by atoms with Crippen molar-refractivity contribution >= 4 is 29.5 Å². The summed E-state index contributed by atoms with van der Waals surface area (Å²) in [6.45, 7) is 0. The lowest BCUT2D eigenvalue weighted by molar-refractivity contribution is 0.0998. The molecule has 0 aliphatic carbocycles. The highest BCUT2D eigenvalue weighted by molar-refractivity contribution is 7.80. The highest BCUT2D eigenvalue weighted by Gasteiger charge is 2.06. The molecule has 0 saturated carbocycles. The first-order valence-electron chi connectivity index (χ1n) is 4.22. The molecule has 6 N–H and O–H groups in total. The van der Waals surface area contributed by atoms with Crippen molar-refractivity contribution in [3.8, 4) is 5.75 Å². The van der Waals surface area contributed by atoms with Gasteiger partial charge < -0.3 is 16.6 Å². The third kappa shape index (κ3) is 3.21. The fourth-order valence-corrected chi connectivity index (χ4v) is 1.05. The molecule has 0 aromatic heterocycles. The second kappa shape index (κ2) is 5.08. The Hall–Kier alpha value is -2.15. The maximum Gasteiger partial charge on any atom is 0.252 e. The van der Waals surface area contributed by atoms with Gasteiger partial charge in [0.25, 0.3) is 5.91 Å². The lowest BCUT2D eigenvalue weighted by atomic mass is 10.1. The first-order chi connectivity index (χ1) is 7.50. The number of benzene rings is 1. The molecule has 1 aromatic carbocycles. The summed E-state index contributed by atoms with van der Waals surface area (Å²) < 4.78 is 0. The Balaban J connectivity index is 2.91. The van der Waals surface area contributed by atoms with Gasteiger partial charge in [-0.1, -0.05) is 0 Å². The molecule has 0 aliphatic heterocycles. The summed E-state index contributed by atoms with van der Waals surface area (Å²) in [5, 5.41) is 13.0. The minimum absolute atomic E-state index is 0.0271.